The van der Waals surface area contributed by atoms with E-state index < -0.39 is 0 Å². The fourth-order valence-electron chi connectivity index (χ4n) is 0.988. The van der Waals surface area contributed by atoms with Gasteiger partial charge in [-0.05, 0) is 34.8 Å². The Bertz CT molecular complexity index is 240. The number of hydrogen-bond acceptors (Lipinski definition) is 1. The van der Waals surface area contributed by atoms with Gasteiger partial charge in [-0.3, -0.25) is 4.68 Å². The van der Waals surface area contributed by atoms with Crippen molar-refractivity contribution >= 4 is 15.9 Å². The first-order chi connectivity index (χ1) is 5.09. The highest BCUT2D eigenvalue weighted by Gasteiger charge is 2.02. The predicted octanol–water partition coefficient (Wildman–Crippen LogP) is 2.61. The molecule has 0 saturated carbocycles. The van der Waals surface area contributed by atoms with E-state index in [9.17, 15) is 0 Å². The minimum Gasteiger partial charge on any atom is -0.258 e. The summed E-state index contributed by atoms with van der Waals surface area (Å²) in [6.45, 7) is 7.35. The molecule has 3 heteroatoms. The summed E-state index contributed by atoms with van der Waals surface area (Å²) in [7, 11) is 0. The van der Waals surface area contributed by atoms with Crippen molar-refractivity contribution in [2.75, 3.05) is 0 Å². The Morgan fingerprint density at radius 3 is 2.64 bits per heavy atom. The molecule has 0 aromatic carbocycles. The van der Waals surface area contributed by atoms with E-state index in [0.29, 0.717) is 5.92 Å². The number of halogens is 1. The molecule has 2 nitrogen and oxygen atoms in total. The van der Waals surface area contributed by atoms with Gasteiger partial charge in [-0.1, -0.05) is 13.8 Å². The van der Waals surface area contributed by atoms with Gasteiger partial charge in [0, 0.05) is 6.54 Å². The zero-order chi connectivity index (χ0) is 8.43. The number of rotatable bonds is 2. The van der Waals surface area contributed by atoms with Crippen LogP contribution < -0.4 is 0 Å². The molecular weight excluding hydrogens is 204 g/mol. The highest BCUT2D eigenvalue weighted by Crippen LogP contribution is 2.12. The molecule has 0 atom stereocenters. The third-order valence-electron chi connectivity index (χ3n) is 1.39. The van der Waals surface area contributed by atoms with Gasteiger partial charge in [0.2, 0.25) is 0 Å². The van der Waals surface area contributed by atoms with Crippen LogP contribution in [0.25, 0.3) is 0 Å². The fraction of sp³-hybridized carbons (Fsp3) is 0.625. The topological polar surface area (TPSA) is 17.8 Å². The van der Waals surface area contributed by atoms with Gasteiger partial charge >= 0.3 is 0 Å². The lowest BCUT2D eigenvalue weighted by Crippen LogP contribution is -2.06. The molecule has 0 aliphatic carbocycles. The molecule has 1 rings (SSSR count). The summed E-state index contributed by atoms with van der Waals surface area (Å²) in [5.74, 6) is 0.644. The van der Waals surface area contributed by atoms with Crippen LogP contribution in [0.4, 0.5) is 0 Å². The second kappa shape index (κ2) is 3.39. The second-order valence-electron chi connectivity index (χ2n) is 3.18. The molecule has 1 aromatic rings. The predicted molar refractivity (Wildman–Crippen MR) is 49.5 cm³/mol. The summed E-state index contributed by atoms with van der Waals surface area (Å²) in [5, 5.41) is 4.32. The average Bonchev–Trinajstić information content (AvgIpc) is 2.09. The Morgan fingerprint density at radius 2 is 2.27 bits per heavy atom. The summed E-state index contributed by atoms with van der Waals surface area (Å²) in [6, 6.07) is 2.03. The third-order valence-corrected chi connectivity index (χ3v) is 2.03. The van der Waals surface area contributed by atoms with E-state index in [1.165, 1.54) is 0 Å². The van der Waals surface area contributed by atoms with Gasteiger partial charge in [0.1, 0.15) is 4.60 Å². The molecule has 1 aromatic heterocycles. The molecule has 0 fully saturated rings. The molecular formula is C8H13BrN2. The van der Waals surface area contributed by atoms with Crippen LogP contribution in [0.3, 0.4) is 0 Å². The van der Waals surface area contributed by atoms with Crippen LogP contribution in [-0.4, -0.2) is 9.78 Å². The second-order valence-corrected chi connectivity index (χ2v) is 4.00. The van der Waals surface area contributed by atoms with Gasteiger partial charge in [0.15, 0.2) is 0 Å². The van der Waals surface area contributed by atoms with Crippen LogP contribution in [0.2, 0.25) is 0 Å². The van der Waals surface area contributed by atoms with E-state index in [2.05, 4.69) is 34.9 Å². The Morgan fingerprint density at radius 1 is 1.64 bits per heavy atom. The molecule has 0 amide bonds. The Kier molecular flexibility index (Phi) is 2.71. The van der Waals surface area contributed by atoms with E-state index in [1.54, 1.807) is 0 Å². The molecule has 0 N–H and O–H groups in total. The lowest BCUT2D eigenvalue weighted by atomic mass is 10.2. The highest BCUT2D eigenvalue weighted by molar-refractivity contribution is 9.10. The van der Waals surface area contributed by atoms with Gasteiger partial charge in [-0.15, -0.1) is 0 Å². The van der Waals surface area contributed by atoms with Crippen molar-refractivity contribution < 1.29 is 0 Å². The molecule has 1 heterocycles. The number of hydrogen-bond donors (Lipinski definition) is 0. The molecule has 11 heavy (non-hydrogen) atoms. The van der Waals surface area contributed by atoms with Gasteiger partial charge in [-0.2, -0.15) is 5.10 Å². The molecule has 0 aliphatic heterocycles. The number of aromatic nitrogens is 2. The maximum absolute atomic E-state index is 4.32. The Labute approximate surface area is 75.7 Å². The summed E-state index contributed by atoms with van der Waals surface area (Å²) < 4.78 is 3.06. The summed E-state index contributed by atoms with van der Waals surface area (Å²) in [4.78, 5) is 0. The normalized spacial score (nSPS) is 11.0. The molecule has 0 spiro atoms. The third kappa shape index (κ3) is 2.33. The minimum absolute atomic E-state index is 0.644. The molecule has 0 aliphatic rings. The lowest BCUT2D eigenvalue weighted by molar-refractivity contribution is 0.474. The van der Waals surface area contributed by atoms with Crippen LogP contribution in [0.15, 0.2) is 10.7 Å². The monoisotopic (exact) mass is 216 g/mol. The van der Waals surface area contributed by atoms with Crippen molar-refractivity contribution in [1.82, 2.24) is 9.78 Å². The first-order valence-electron chi connectivity index (χ1n) is 3.79. The number of nitrogens with zero attached hydrogens (tertiary/aromatic N) is 2. The van der Waals surface area contributed by atoms with Crippen molar-refractivity contribution in [3.05, 3.63) is 16.4 Å². The molecule has 0 unspecified atom stereocenters. The van der Waals surface area contributed by atoms with Crippen molar-refractivity contribution in [2.24, 2.45) is 5.92 Å². The quantitative estimate of drug-likeness (QED) is 0.744. The first kappa shape index (κ1) is 8.78. The molecule has 62 valence electrons. The van der Waals surface area contributed by atoms with Gasteiger partial charge < -0.3 is 0 Å². The van der Waals surface area contributed by atoms with Crippen LogP contribution >= 0.6 is 15.9 Å². The largest absolute Gasteiger partial charge is 0.258 e. The zero-order valence-corrected chi connectivity index (χ0v) is 8.72. The first-order valence-corrected chi connectivity index (χ1v) is 4.59. The smallest absolute Gasteiger partial charge is 0.104 e. The van der Waals surface area contributed by atoms with Gasteiger partial charge in [-0.25, -0.2) is 0 Å². The molecule has 0 bridgehead atoms. The van der Waals surface area contributed by atoms with Crippen molar-refractivity contribution in [3.8, 4) is 0 Å². The standard InChI is InChI=1S/C8H13BrN2/c1-6(2)5-11-8(9)4-7(3)10-11/h4,6H,5H2,1-3H3. The van der Waals surface area contributed by atoms with E-state index in [-0.39, 0.29) is 0 Å². The van der Waals surface area contributed by atoms with E-state index >= 15 is 0 Å². The molecule has 0 radical (unpaired) electrons. The SMILES string of the molecule is Cc1cc(Br)n(CC(C)C)n1. The lowest BCUT2D eigenvalue weighted by Gasteiger charge is -2.05. The van der Waals surface area contributed by atoms with E-state index in [0.717, 1.165) is 16.8 Å². The van der Waals surface area contributed by atoms with Gasteiger partial charge in [0.05, 0.1) is 5.69 Å². The van der Waals surface area contributed by atoms with Crippen molar-refractivity contribution in [1.29, 1.82) is 0 Å². The van der Waals surface area contributed by atoms with Crippen molar-refractivity contribution in [3.63, 3.8) is 0 Å². The summed E-state index contributed by atoms with van der Waals surface area (Å²) >= 11 is 3.45. The van der Waals surface area contributed by atoms with Crippen LogP contribution in [0.5, 0.6) is 0 Å². The summed E-state index contributed by atoms with van der Waals surface area (Å²) in [6.07, 6.45) is 0. The zero-order valence-electron chi connectivity index (χ0n) is 7.13. The highest BCUT2D eigenvalue weighted by atomic mass is 79.9. The maximum atomic E-state index is 4.32. The fourth-order valence-corrected chi connectivity index (χ4v) is 1.54. The van der Waals surface area contributed by atoms with Crippen LogP contribution in [0, 0.1) is 12.8 Å². The van der Waals surface area contributed by atoms with Gasteiger partial charge in [0.25, 0.3) is 0 Å². The van der Waals surface area contributed by atoms with Crippen LogP contribution in [-0.2, 0) is 6.54 Å². The molecule has 0 saturated heterocycles. The Hall–Kier alpha value is -0.310. The summed E-state index contributed by atoms with van der Waals surface area (Å²) in [5.41, 5.74) is 1.07. The van der Waals surface area contributed by atoms with Crippen molar-refractivity contribution in [2.45, 2.75) is 27.3 Å². The van der Waals surface area contributed by atoms with Crippen LogP contribution in [0.1, 0.15) is 19.5 Å². The van der Waals surface area contributed by atoms with E-state index in [1.807, 2.05) is 17.7 Å². The van der Waals surface area contributed by atoms with E-state index in [4.69, 9.17) is 0 Å². The number of aryl methyl sites for hydroxylation is 1. The average molecular weight is 217 g/mol. The minimum atomic E-state index is 0.644. The maximum Gasteiger partial charge on any atom is 0.104 e. The Balaban J connectivity index is 2.77.